The van der Waals surface area contributed by atoms with Crippen molar-refractivity contribution in [2.24, 2.45) is 0 Å². The summed E-state index contributed by atoms with van der Waals surface area (Å²) in [6.45, 7) is 0.219. The molecule has 88 valence electrons. The Hall–Kier alpha value is -2.24. The zero-order chi connectivity index (χ0) is 12.3. The SMILES string of the molecule is COC(=O)c1ccc(F)c(Cn2ccnn2)c1. The highest BCUT2D eigenvalue weighted by atomic mass is 19.1. The molecule has 1 aromatic heterocycles. The molecule has 5 nitrogen and oxygen atoms in total. The highest BCUT2D eigenvalue weighted by Gasteiger charge is 2.10. The number of aromatic nitrogens is 3. The summed E-state index contributed by atoms with van der Waals surface area (Å²) < 4.78 is 19.6. The van der Waals surface area contributed by atoms with Crippen molar-refractivity contribution >= 4 is 5.97 Å². The normalized spacial score (nSPS) is 10.2. The first-order chi connectivity index (χ1) is 8.20. The Morgan fingerprint density at radius 1 is 1.53 bits per heavy atom. The first kappa shape index (κ1) is 11.3. The molecule has 0 fully saturated rings. The molecular formula is C11H10FN3O2. The second-order valence-corrected chi connectivity index (χ2v) is 3.40. The Labute approximate surface area is 96.8 Å². The monoisotopic (exact) mass is 235 g/mol. The Morgan fingerprint density at radius 3 is 3.00 bits per heavy atom. The number of carbonyl (C=O) groups excluding carboxylic acids is 1. The van der Waals surface area contributed by atoms with Crippen molar-refractivity contribution in [1.29, 1.82) is 0 Å². The summed E-state index contributed by atoms with van der Waals surface area (Å²) in [5, 5.41) is 7.35. The van der Waals surface area contributed by atoms with Crippen molar-refractivity contribution < 1.29 is 13.9 Å². The van der Waals surface area contributed by atoms with Crippen LogP contribution in [0, 0.1) is 5.82 Å². The molecule has 2 rings (SSSR count). The van der Waals surface area contributed by atoms with Crippen molar-refractivity contribution in [2.75, 3.05) is 7.11 Å². The van der Waals surface area contributed by atoms with Crippen LogP contribution in [0.4, 0.5) is 4.39 Å². The number of rotatable bonds is 3. The van der Waals surface area contributed by atoms with Crippen LogP contribution in [0.3, 0.4) is 0 Å². The van der Waals surface area contributed by atoms with E-state index >= 15 is 0 Å². The van der Waals surface area contributed by atoms with E-state index in [0.29, 0.717) is 11.1 Å². The summed E-state index contributed by atoms with van der Waals surface area (Å²) in [6.07, 6.45) is 3.12. The third kappa shape index (κ3) is 2.47. The van der Waals surface area contributed by atoms with Crippen LogP contribution in [0.2, 0.25) is 0 Å². The first-order valence-electron chi connectivity index (χ1n) is 4.91. The molecule has 0 aliphatic carbocycles. The Kier molecular flexibility index (Phi) is 3.13. The van der Waals surface area contributed by atoms with Crippen LogP contribution >= 0.6 is 0 Å². The van der Waals surface area contributed by atoms with E-state index in [1.807, 2.05) is 0 Å². The van der Waals surface area contributed by atoms with Crippen LogP contribution in [-0.2, 0) is 11.3 Å². The lowest BCUT2D eigenvalue weighted by Gasteiger charge is -2.05. The number of carbonyl (C=O) groups is 1. The number of halogens is 1. The lowest BCUT2D eigenvalue weighted by Crippen LogP contribution is -2.07. The van der Waals surface area contributed by atoms with Gasteiger partial charge < -0.3 is 4.74 Å². The second kappa shape index (κ2) is 4.73. The third-order valence-corrected chi connectivity index (χ3v) is 2.27. The smallest absolute Gasteiger partial charge is 0.337 e. The van der Waals surface area contributed by atoms with Gasteiger partial charge in [0.15, 0.2) is 0 Å². The number of ether oxygens (including phenoxy) is 1. The molecule has 17 heavy (non-hydrogen) atoms. The van der Waals surface area contributed by atoms with Gasteiger partial charge >= 0.3 is 5.97 Å². The van der Waals surface area contributed by atoms with Crippen LogP contribution in [0.25, 0.3) is 0 Å². The third-order valence-electron chi connectivity index (χ3n) is 2.27. The van der Waals surface area contributed by atoms with Crippen LogP contribution in [0.15, 0.2) is 30.6 Å². The number of methoxy groups -OCH3 is 1. The molecule has 0 aliphatic heterocycles. The number of hydrogen-bond donors (Lipinski definition) is 0. The largest absolute Gasteiger partial charge is 0.465 e. The van der Waals surface area contributed by atoms with E-state index in [2.05, 4.69) is 15.0 Å². The summed E-state index contributed by atoms with van der Waals surface area (Å²) in [6, 6.07) is 4.06. The number of hydrogen-bond acceptors (Lipinski definition) is 4. The molecule has 0 N–H and O–H groups in total. The van der Waals surface area contributed by atoms with E-state index in [0.717, 1.165) is 0 Å². The Balaban J connectivity index is 2.29. The maximum absolute atomic E-state index is 13.5. The molecule has 1 heterocycles. The minimum Gasteiger partial charge on any atom is -0.465 e. The van der Waals surface area contributed by atoms with Crippen molar-refractivity contribution in [3.05, 3.63) is 47.5 Å². The predicted molar refractivity (Wildman–Crippen MR) is 56.9 cm³/mol. The van der Waals surface area contributed by atoms with Gasteiger partial charge in [-0.3, -0.25) is 0 Å². The van der Waals surface area contributed by atoms with E-state index in [1.54, 1.807) is 6.20 Å². The van der Waals surface area contributed by atoms with Gasteiger partial charge in [0.2, 0.25) is 0 Å². The molecule has 0 spiro atoms. The van der Waals surface area contributed by atoms with Crippen molar-refractivity contribution in [3.63, 3.8) is 0 Å². The summed E-state index contributed by atoms with van der Waals surface area (Å²) in [5.74, 6) is -0.891. The van der Waals surface area contributed by atoms with E-state index in [1.165, 1.54) is 36.2 Å². The first-order valence-corrected chi connectivity index (χ1v) is 4.91. The molecule has 0 amide bonds. The maximum Gasteiger partial charge on any atom is 0.337 e. The van der Waals surface area contributed by atoms with Gasteiger partial charge in [-0.15, -0.1) is 5.10 Å². The molecule has 0 atom stereocenters. The Morgan fingerprint density at radius 2 is 2.35 bits per heavy atom. The van der Waals surface area contributed by atoms with Crippen LogP contribution in [0.1, 0.15) is 15.9 Å². The lowest BCUT2D eigenvalue weighted by molar-refractivity contribution is 0.0600. The zero-order valence-electron chi connectivity index (χ0n) is 9.13. The highest BCUT2D eigenvalue weighted by molar-refractivity contribution is 5.89. The maximum atomic E-state index is 13.5. The van der Waals surface area contributed by atoms with Gasteiger partial charge in [-0.05, 0) is 18.2 Å². The topological polar surface area (TPSA) is 57.0 Å². The average Bonchev–Trinajstić information content (AvgIpc) is 2.84. The molecule has 0 bridgehead atoms. The quantitative estimate of drug-likeness (QED) is 0.751. The summed E-state index contributed by atoms with van der Waals surface area (Å²) in [4.78, 5) is 11.3. The predicted octanol–water partition coefficient (Wildman–Crippen LogP) is 1.25. The molecule has 1 aromatic carbocycles. The molecular weight excluding hydrogens is 225 g/mol. The standard InChI is InChI=1S/C11H10FN3O2/c1-17-11(16)8-2-3-10(12)9(6-8)7-15-5-4-13-14-15/h2-6H,7H2,1H3. The minimum absolute atomic E-state index is 0.219. The molecule has 0 aliphatic rings. The highest BCUT2D eigenvalue weighted by Crippen LogP contribution is 2.12. The van der Waals surface area contributed by atoms with E-state index < -0.39 is 11.8 Å². The van der Waals surface area contributed by atoms with Crippen molar-refractivity contribution in [1.82, 2.24) is 15.0 Å². The van der Waals surface area contributed by atoms with E-state index in [4.69, 9.17) is 0 Å². The fraction of sp³-hybridized carbons (Fsp3) is 0.182. The van der Waals surface area contributed by atoms with Gasteiger partial charge in [0.25, 0.3) is 0 Å². The summed E-state index contributed by atoms with van der Waals surface area (Å²) in [7, 11) is 1.28. The molecule has 0 saturated heterocycles. The van der Waals surface area contributed by atoms with Gasteiger partial charge in [-0.1, -0.05) is 5.21 Å². The van der Waals surface area contributed by atoms with E-state index in [-0.39, 0.29) is 6.54 Å². The molecule has 0 unspecified atom stereocenters. The summed E-state index contributed by atoms with van der Waals surface area (Å²) >= 11 is 0. The van der Waals surface area contributed by atoms with Crippen molar-refractivity contribution in [2.45, 2.75) is 6.54 Å². The van der Waals surface area contributed by atoms with Gasteiger partial charge in [0.05, 0.1) is 25.4 Å². The number of esters is 1. The average molecular weight is 235 g/mol. The fourth-order valence-corrected chi connectivity index (χ4v) is 1.43. The van der Waals surface area contributed by atoms with Gasteiger partial charge in [0.1, 0.15) is 5.82 Å². The minimum atomic E-state index is -0.496. The molecule has 0 radical (unpaired) electrons. The number of benzene rings is 1. The van der Waals surface area contributed by atoms with Gasteiger partial charge in [-0.25, -0.2) is 13.9 Å². The summed E-state index contributed by atoms with van der Waals surface area (Å²) in [5.41, 5.74) is 0.669. The van der Waals surface area contributed by atoms with Gasteiger partial charge in [-0.2, -0.15) is 0 Å². The second-order valence-electron chi connectivity index (χ2n) is 3.40. The van der Waals surface area contributed by atoms with E-state index in [9.17, 15) is 9.18 Å². The molecule has 2 aromatic rings. The molecule has 0 saturated carbocycles. The van der Waals surface area contributed by atoms with Crippen molar-refractivity contribution in [3.8, 4) is 0 Å². The fourth-order valence-electron chi connectivity index (χ4n) is 1.43. The zero-order valence-corrected chi connectivity index (χ0v) is 9.13. The molecule has 6 heteroatoms. The van der Waals surface area contributed by atoms with Crippen LogP contribution < -0.4 is 0 Å². The van der Waals surface area contributed by atoms with Gasteiger partial charge in [0, 0.05) is 11.8 Å². The van der Waals surface area contributed by atoms with Crippen LogP contribution in [-0.4, -0.2) is 28.1 Å². The Bertz CT molecular complexity index is 526. The van der Waals surface area contributed by atoms with Crippen LogP contribution in [0.5, 0.6) is 0 Å². The lowest BCUT2D eigenvalue weighted by atomic mass is 10.1. The number of nitrogens with zero attached hydrogens (tertiary/aromatic N) is 3.